The highest BCUT2D eigenvalue weighted by molar-refractivity contribution is 5.91. The van der Waals surface area contributed by atoms with Gasteiger partial charge in [-0.15, -0.1) is 0 Å². The van der Waals surface area contributed by atoms with Crippen molar-refractivity contribution < 1.29 is 9.53 Å². The molecule has 1 fully saturated rings. The molecule has 1 aliphatic rings. The molecule has 4 heteroatoms. The van der Waals surface area contributed by atoms with Crippen LogP contribution in [0.4, 0.5) is 10.5 Å². The maximum absolute atomic E-state index is 11.7. The molecule has 16 heavy (non-hydrogen) atoms. The van der Waals surface area contributed by atoms with Gasteiger partial charge in [-0.05, 0) is 31.5 Å². The third kappa shape index (κ3) is 1.76. The molecular weight excluding hydrogens is 204 g/mol. The molecule has 0 unspecified atom stereocenters. The molecule has 86 valence electrons. The highest BCUT2D eigenvalue weighted by atomic mass is 16.6. The molecule has 1 amide bonds. The van der Waals surface area contributed by atoms with E-state index in [1.165, 1.54) is 0 Å². The number of nitrogens with two attached hydrogens (primary N) is 1. The number of cyclic esters (lactones) is 1. The second-order valence-corrected chi connectivity index (χ2v) is 4.58. The van der Waals surface area contributed by atoms with E-state index in [1.807, 2.05) is 38.1 Å². The van der Waals surface area contributed by atoms with Crippen LogP contribution in [0.1, 0.15) is 19.4 Å². The predicted octanol–water partition coefficient (Wildman–Crippen LogP) is 1.88. The second kappa shape index (κ2) is 3.79. The zero-order valence-corrected chi connectivity index (χ0v) is 9.56. The largest absolute Gasteiger partial charge is 0.447 e. The normalized spacial score (nSPS) is 18.7. The summed E-state index contributed by atoms with van der Waals surface area (Å²) in [5.74, 6) is 0. The topological polar surface area (TPSA) is 55.6 Å². The van der Waals surface area contributed by atoms with Crippen LogP contribution in [0.25, 0.3) is 0 Å². The van der Waals surface area contributed by atoms with E-state index in [9.17, 15) is 4.79 Å². The number of amides is 1. The number of hydrogen-bond donors (Lipinski definition) is 1. The molecule has 0 bridgehead atoms. The quantitative estimate of drug-likeness (QED) is 0.828. The van der Waals surface area contributed by atoms with Crippen LogP contribution in [0, 0.1) is 0 Å². The first kappa shape index (κ1) is 11.0. The average molecular weight is 220 g/mol. The lowest BCUT2D eigenvalue weighted by Crippen LogP contribution is -2.42. The number of rotatable bonds is 2. The summed E-state index contributed by atoms with van der Waals surface area (Å²) < 4.78 is 5.06. The first-order valence-electron chi connectivity index (χ1n) is 5.30. The highest BCUT2D eigenvalue weighted by Crippen LogP contribution is 2.30. The van der Waals surface area contributed by atoms with Crippen molar-refractivity contribution in [2.75, 3.05) is 11.5 Å². The molecule has 1 aromatic carbocycles. The summed E-state index contributed by atoms with van der Waals surface area (Å²) in [5.41, 5.74) is 7.13. The van der Waals surface area contributed by atoms with Gasteiger partial charge in [-0.25, -0.2) is 4.79 Å². The van der Waals surface area contributed by atoms with Crippen molar-refractivity contribution in [2.45, 2.75) is 25.9 Å². The molecule has 0 radical (unpaired) electrons. The Labute approximate surface area is 95.0 Å². The molecular formula is C12H16N2O2. The monoisotopic (exact) mass is 220 g/mol. The Bertz CT molecular complexity index is 415. The van der Waals surface area contributed by atoms with Gasteiger partial charge in [-0.3, -0.25) is 4.90 Å². The van der Waals surface area contributed by atoms with Crippen molar-refractivity contribution in [1.29, 1.82) is 0 Å². The lowest BCUT2D eigenvalue weighted by Gasteiger charge is -2.28. The first-order chi connectivity index (χ1) is 7.54. The van der Waals surface area contributed by atoms with Gasteiger partial charge in [-0.1, -0.05) is 12.1 Å². The maximum Gasteiger partial charge on any atom is 0.414 e. The van der Waals surface area contributed by atoms with Crippen LogP contribution >= 0.6 is 0 Å². The van der Waals surface area contributed by atoms with Crippen molar-refractivity contribution in [3.8, 4) is 0 Å². The molecule has 0 aromatic heterocycles. The lowest BCUT2D eigenvalue weighted by atomic mass is 10.0. The Morgan fingerprint density at radius 2 is 2.25 bits per heavy atom. The maximum atomic E-state index is 11.7. The SMILES string of the molecule is CC1(C)COC(=O)N1c1cccc(CN)c1. The fourth-order valence-corrected chi connectivity index (χ4v) is 1.89. The number of ether oxygens (including phenoxy) is 1. The summed E-state index contributed by atoms with van der Waals surface area (Å²) in [4.78, 5) is 13.3. The van der Waals surface area contributed by atoms with E-state index in [-0.39, 0.29) is 11.6 Å². The molecule has 1 aromatic rings. The van der Waals surface area contributed by atoms with Crippen molar-refractivity contribution in [2.24, 2.45) is 5.73 Å². The minimum atomic E-state index is -0.301. The van der Waals surface area contributed by atoms with Crippen LogP contribution < -0.4 is 10.6 Å². The molecule has 2 N–H and O–H groups in total. The third-order valence-electron chi connectivity index (χ3n) is 2.74. The Kier molecular flexibility index (Phi) is 2.59. The summed E-state index contributed by atoms with van der Waals surface area (Å²) in [6.45, 7) is 4.84. The van der Waals surface area contributed by atoms with Crippen LogP contribution in [-0.4, -0.2) is 18.2 Å². The van der Waals surface area contributed by atoms with Gasteiger partial charge in [0, 0.05) is 12.2 Å². The van der Waals surface area contributed by atoms with E-state index in [4.69, 9.17) is 10.5 Å². The Morgan fingerprint density at radius 3 is 2.81 bits per heavy atom. The second-order valence-electron chi connectivity index (χ2n) is 4.58. The Morgan fingerprint density at radius 1 is 1.50 bits per heavy atom. The number of hydrogen-bond acceptors (Lipinski definition) is 3. The minimum absolute atomic E-state index is 0.292. The smallest absolute Gasteiger partial charge is 0.414 e. The van der Waals surface area contributed by atoms with Gasteiger partial charge in [-0.2, -0.15) is 0 Å². The summed E-state index contributed by atoms with van der Waals surface area (Å²) in [5, 5.41) is 0. The molecule has 1 aliphatic heterocycles. The number of carbonyl (C=O) groups excluding carboxylic acids is 1. The summed E-state index contributed by atoms with van der Waals surface area (Å²) in [6.07, 6.45) is -0.292. The Balaban J connectivity index is 2.39. The predicted molar refractivity (Wildman–Crippen MR) is 62.2 cm³/mol. The van der Waals surface area contributed by atoms with Crippen molar-refractivity contribution in [3.05, 3.63) is 29.8 Å². The van der Waals surface area contributed by atoms with Gasteiger partial charge in [0.05, 0.1) is 5.54 Å². The number of benzene rings is 1. The molecule has 0 spiro atoms. The molecule has 4 nitrogen and oxygen atoms in total. The van der Waals surface area contributed by atoms with E-state index in [0.29, 0.717) is 13.2 Å². The van der Waals surface area contributed by atoms with E-state index in [2.05, 4.69) is 0 Å². The van der Waals surface area contributed by atoms with Gasteiger partial charge in [0.1, 0.15) is 6.61 Å². The average Bonchev–Trinajstić information content (AvgIpc) is 2.53. The first-order valence-corrected chi connectivity index (χ1v) is 5.30. The molecule has 0 atom stereocenters. The highest BCUT2D eigenvalue weighted by Gasteiger charge is 2.40. The fraction of sp³-hybridized carbons (Fsp3) is 0.417. The van der Waals surface area contributed by atoms with Gasteiger partial charge in [0.2, 0.25) is 0 Å². The zero-order chi connectivity index (χ0) is 11.8. The van der Waals surface area contributed by atoms with Crippen LogP contribution in [-0.2, 0) is 11.3 Å². The molecule has 0 saturated carbocycles. The molecule has 2 rings (SSSR count). The molecule has 1 heterocycles. The van der Waals surface area contributed by atoms with Gasteiger partial charge < -0.3 is 10.5 Å². The number of anilines is 1. The van der Waals surface area contributed by atoms with Gasteiger partial charge in [0.15, 0.2) is 0 Å². The van der Waals surface area contributed by atoms with Crippen molar-refractivity contribution in [1.82, 2.24) is 0 Å². The zero-order valence-electron chi connectivity index (χ0n) is 9.56. The summed E-state index contributed by atoms with van der Waals surface area (Å²) >= 11 is 0. The van der Waals surface area contributed by atoms with Crippen LogP contribution in [0.3, 0.4) is 0 Å². The Hall–Kier alpha value is -1.55. The van der Waals surface area contributed by atoms with Crippen molar-refractivity contribution in [3.63, 3.8) is 0 Å². The van der Waals surface area contributed by atoms with Crippen LogP contribution in [0.5, 0.6) is 0 Å². The number of nitrogens with zero attached hydrogens (tertiary/aromatic N) is 1. The van der Waals surface area contributed by atoms with E-state index >= 15 is 0 Å². The third-order valence-corrected chi connectivity index (χ3v) is 2.74. The number of carbonyl (C=O) groups is 1. The fourth-order valence-electron chi connectivity index (χ4n) is 1.89. The van der Waals surface area contributed by atoms with Crippen LogP contribution in [0.15, 0.2) is 24.3 Å². The van der Waals surface area contributed by atoms with Crippen molar-refractivity contribution >= 4 is 11.8 Å². The lowest BCUT2D eigenvalue weighted by molar-refractivity contribution is 0.175. The van der Waals surface area contributed by atoms with E-state index < -0.39 is 0 Å². The van der Waals surface area contributed by atoms with Gasteiger partial charge in [0.25, 0.3) is 0 Å². The minimum Gasteiger partial charge on any atom is -0.447 e. The summed E-state index contributed by atoms with van der Waals surface area (Å²) in [6, 6.07) is 7.67. The molecule has 1 saturated heterocycles. The van der Waals surface area contributed by atoms with Crippen LogP contribution in [0.2, 0.25) is 0 Å². The van der Waals surface area contributed by atoms with E-state index in [0.717, 1.165) is 11.3 Å². The standard InChI is InChI=1S/C12H16N2O2/c1-12(2)8-16-11(15)14(12)10-5-3-4-9(6-10)7-13/h3-6H,7-8,13H2,1-2H3. The summed E-state index contributed by atoms with van der Waals surface area (Å²) in [7, 11) is 0. The molecule has 0 aliphatic carbocycles. The van der Waals surface area contributed by atoms with E-state index in [1.54, 1.807) is 4.90 Å². The van der Waals surface area contributed by atoms with Gasteiger partial charge >= 0.3 is 6.09 Å².